The molecule has 0 spiro atoms. The summed E-state index contributed by atoms with van der Waals surface area (Å²) < 4.78 is 5.11. The molecule has 2 aromatic carbocycles. The zero-order chi connectivity index (χ0) is 18.6. The maximum absolute atomic E-state index is 12.4. The van der Waals surface area contributed by atoms with Crippen LogP contribution < -0.4 is 10.1 Å². The van der Waals surface area contributed by atoms with E-state index in [0.29, 0.717) is 20.6 Å². The number of methoxy groups -OCH3 is 1. The minimum absolute atomic E-state index is 0.125. The van der Waals surface area contributed by atoms with E-state index in [4.69, 9.17) is 27.9 Å². The summed E-state index contributed by atoms with van der Waals surface area (Å²) in [4.78, 5) is 23.3. The second-order valence-corrected chi connectivity index (χ2v) is 7.11. The maximum Gasteiger partial charge on any atom is 0.273 e. The fourth-order valence-corrected chi connectivity index (χ4v) is 3.50. The van der Waals surface area contributed by atoms with E-state index in [9.17, 15) is 14.9 Å². The molecule has 1 N–H and O–H groups in total. The van der Waals surface area contributed by atoms with Gasteiger partial charge in [0, 0.05) is 11.0 Å². The third-order valence-electron chi connectivity index (χ3n) is 3.24. The first kappa shape index (κ1) is 19.4. The zero-order valence-corrected chi connectivity index (χ0v) is 15.6. The molecule has 2 rings (SSSR count). The lowest BCUT2D eigenvalue weighted by Gasteiger charge is -2.15. The Balaban J connectivity index is 2.15. The third kappa shape index (κ3) is 4.78. The summed E-state index contributed by atoms with van der Waals surface area (Å²) in [5.41, 5.74) is 0.218. The van der Waals surface area contributed by atoms with Crippen molar-refractivity contribution in [1.82, 2.24) is 0 Å². The van der Waals surface area contributed by atoms with Crippen LogP contribution in [-0.2, 0) is 4.79 Å². The molecule has 132 valence electrons. The number of benzene rings is 2. The third-order valence-corrected chi connectivity index (χ3v) is 5.33. The summed E-state index contributed by atoms with van der Waals surface area (Å²) in [7, 11) is 1.37. The predicted molar refractivity (Wildman–Crippen MR) is 100 cm³/mol. The van der Waals surface area contributed by atoms with Crippen LogP contribution in [0.2, 0.25) is 10.0 Å². The van der Waals surface area contributed by atoms with Gasteiger partial charge in [-0.1, -0.05) is 29.3 Å². The van der Waals surface area contributed by atoms with Gasteiger partial charge in [-0.3, -0.25) is 14.9 Å². The summed E-state index contributed by atoms with van der Waals surface area (Å²) in [6, 6.07) is 9.08. The Kier molecular flexibility index (Phi) is 6.52. The van der Waals surface area contributed by atoms with Crippen LogP contribution in [0.1, 0.15) is 6.92 Å². The lowest BCUT2D eigenvalue weighted by atomic mass is 10.2. The van der Waals surface area contributed by atoms with Gasteiger partial charge in [0.1, 0.15) is 5.75 Å². The number of ether oxygens (including phenoxy) is 1. The Hall–Kier alpha value is -1.96. The molecule has 1 atom stereocenters. The highest BCUT2D eigenvalue weighted by molar-refractivity contribution is 8.00. The molecule has 0 saturated heterocycles. The fourth-order valence-electron chi connectivity index (χ4n) is 1.96. The van der Waals surface area contributed by atoms with E-state index in [-0.39, 0.29) is 17.3 Å². The van der Waals surface area contributed by atoms with Crippen molar-refractivity contribution in [2.24, 2.45) is 0 Å². The number of non-ortho nitro benzene ring substituents is 1. The molecule has 0 unspecified atom stereocenters. The standard InChI is InChI=1S/C16H14Cl2N2O4S/c1-9(25-15-11(17)4-3-5-12(15)18)16(21)19-13-7-6-10(20(22)23)8-14(13)24-2/h3-9H,1-2H3,(H,19,21)/t9-/m1/s1. The number of hydrogen-bond acceptors (Lipinski definition) is 5. The topological polar surface area (TPSA) is 81.5 Å². The molecular weight excluding hydrogens is 387 g/mol. The number of hydrogen-bond donors (Lipinski definition) is 1. The number of nitro benzene ring substituents is 1. The number of halogens is 2. The molecule has 0 aliphatic carbocycles. The van der Waals surface area contributed by atoms with Gasteiger partial charge in [-0.15, -0.1) is 11.8 Å². The maximum atomic E-state index is 12.4. The molecule has 0 radical (unpaired) electrons. The zero-order valence-electron chi connectivity index (χ0n) is 13.3. The Morgan fingerprint density at radius 3 is 2.48 bits per heavy atom. The number of nitrogens with zero attached hydrogens (tertiary/aromatic N) is 1. The van der Waals surface area contributed by atoms with E-state index < -0.39 is 10.2 Å². The van der Waals surface area contributed by atoms with Crippen LogP contribution >= 0.6 is 35.0 Å². The molecule has 0 aliphatic heterocycles. The average Bonchev–Trinajstić information content (AvgIpc) is 2.58. The smallest absolute Gasteiger partial charge is 0.273 e. The molecule has 0 heterocycles. The lowest BCUT2D eigenvalue weighted by molar-refractivity contribution is -0.384. The minimum Gasteiger partial charge on any atom is -0.494 e. The number of rotatable bonds is 6. The molecule has 0 saturated carbocycles. The Morgan fingerprint density at radius 1 is 1.28 bits per heavy atom. The Bertz CT molecular complexity index is 796. The second kappa shape index (κ2) is 8.42. The van der Waals surface area contributed by atoms with Gasteiger partial charge in [0.15, 0.2) is 0 Å². The van der Waals surface area contributed by atoms with E-state index in [1.165, 1.54) is 37.1 Å². The first-order valence-electron chi connectivity index (χ1n) is 7.07. The highest BCUT2D eigenvalue weighted by Crippen LogP contribution is 2.37. The highest BCUT2D eigenvalue weighted by atomic mass is 35.5. The van der Waals surface area contributed by atoms with Crippen molar-refractivity contribution in [3.05, 3.63) is 56.6 Å². The molecule has 1 amide bonds. The molecule has 0 aromatic heterocycles. The summed E-state index contributed by atoms with van der Waals surface area (Å²) in [6.07, 6.45) is 0. The van der Waals surface area contributed by atoms with Gasteiger partial charge in [-0.05, 0) is 25.1 Å². The number of carbonyl (C=O) groups excluding carboxylic acids is 1. The van der Waals surface area contributed by atoms with Crippen LogP contribution in [0.4, 0.5) is 11.4 Å². The Morgan fingerprint density at radius 2 is 1.92 bits per heavy atom. The van der Waals surface area contributed by atoms with E-state index >= 15 is 0 Å². The van der Waals surface area contributed by atoms with Crippen molar-refractivity contribution in [2.75, 3.05) is 12.4 Å². The minimum atomic E-state index is -0.536. The molecule has 0 aliphatic rings. The number of nitro groups is 1. The second-order valence-electron chi connectivity index (χ2n) is 4.94. The van der Waals surface area contributed by atoms with E-state index in [0.717, 1.165) is 0 Å². The SMILES string of the molecule is COc1cc([N+](=O)[O-])ccc1NC(=O)[C@@H](C)Sc1c(Cl)cccc1Cl. The highest BCUT2D eigenvalue weighted by Gasteiger charge is 2.20. The van der Waals surface area contributed by atoms with Crippen molar-refractivity contribution in [1.29, 1.82) is 0 Å². The van der Waals surface area contributed by atoms with E-state index in [2.05, 4.69) is 5.32 Å². The van der Waals surface area contributed by atoms with Gasteiger partial charge >= 0.3 is 0 Å². The predicted octanol–water partition coefficient (Wildman–Crippen LogP) is 5.03. The van der Waals surface area contributed by atoms with E-state index in [1.54, 1.807) is 25.1 Å². The number of amides is 1. The number of anilines is 1. The number of thioether (sulfide) groups is 1. The molecular formula is C16H14Cl2N2O4S. The van der Waals surface area contributed by atoms with Crippen LogP contribution in [0, 0.1) is 10.1 Å². The van der Waals surface area contributed by atoms with Crippen LogP contribution in [-0.4, -0.2) is 23.2 Å². The van der Waals surface area contributed by atoms with Crippen LogP contribution in [0.25, 0.3) is 0 Å². The fraction of sp³-hybridized carbons (Fsp3) is 0.188. The molecule has 0 fully saturated rings. The molecule has 25 heavy (non-hydrogen) atoms. The van der Waals surface area contributed by atoms with Crippen LogP contribution in [0.5, 0.6) is 5.75 Å². The summed E-state index contributed by atoms with van der Waals surface area (Å²) in [5.74, 6) is -0.108. The summed E-state index contributed by atoms with van der Waals surface area (Å²) >= 11 is 13.4. The van der Waals surface area contributed by atoms with Gasteiger partial charge in [-0.2, -0.15) is 0 Å². The molecule has 0 bridgehead atoms. The lowest BCUT2D eigenvalue weighted by Crippen LogP contribution is -2.22. The van der Waals surface area contributed by atoms with Crippen molar-refractivity contribution in [3.63, 3.8) is 0 Å². The summed E-state index contributed by atoms with van der Waals surface area (Å²) in [5, 5.41) is 13.9. The first-order valence-corrected chi connectivity index (χ1v) is 8.71. The number of nitrogens with one attached hydrogen (secondary N) is 1. The van der Waals surface area contributed by atoms with Crippen molar-refractivity contribution in [2.45, 2.75) is 17.1 Å². The van der Waals surface area contributed by atoms with Crippen LogP contribution in [0.3, 0.4) is 0 Å². The number of carbonyl (C=O) groups is 1. The van der Waals surface area contributed by atoms with Crippen LogP contribution in [0.15, 0.2) is 41.3 Å². The van der Waals surface area contributed by atoms with Crippen molar-refractivity contribution < 1.29 is 14.5 Å². The largest absolute Gasteiger partial charge is 0.494 e. The van der Waals surface area contributed by atoms with Gasteiger partial charge < -0.3 is 10.1 Å². The quantitative estimate of drug-likeness (QED) is 0.417. The van der Waals surface area contributed by atoms with Gasteiger partial charge in [-0.25, -0.2) is 0 Å². The normalized spacial score (nSPS) is 11.7. The van der Waals surface area contributed by atoms with Gasteiger partial charge in [0.2, 0.25) is 5.91 Å². The monoisotopic (exact) mass is 400 g/mol. The van der Waals surface area contributed by atoms with Gasteiger partial charge in [0.25, 0.3) is 5.69 Å². The van der Waals surface area contributed by atoms with E-state index in [1.807, 2.05) is 0 Å². The molecule has 9 heteroatoms. The average molecular weight is 401 g/mol. The first-order chi connectivity index (χ1) is 11.8. The molecule has 6 nitrogen and oxygen atoms in total. The Labute approximate surface area is 158 Å². The van der Waals surface area contributed by atoms with Gasteiger partial charge in [0.05, 0.1) is 39.1 Å². The van der Waals surface area contributed by atoms with Crippen molar-refractivity contribution >= 4 is 52.2 Å². The summed E-state index contributed by atoms with van der Waals surface area (Å²) in [6.45, 7) is 1.71. The van der Waals surface area contributed by atoms with Crippen molar-refractivity contribution in [3.8, 4) is 5.75 Å². The molecule has 2 aromatic rings.